The maximum atomic E-state index is 5.68. The molecule has 0 aromatic heterocycles. The van der Waals surface area contributed by atoms with Crippen LogP contribution < -0.4 is 5.84 Å². The smallest absolute Gasteiger partial charge is 0.135 e. The molecule has 2 N–H and O–H groups in total. The van der Waals surface area contributed by atoms with E-state index in [9.17, 15) is 0 Å². The molecule has 0 aliphatic rings. The van der Waals surface area contributed by atoms with E-state index in [1.54, 1.807) is 11.2 Å². The molecule has 0 aromatic rings. The van der Waals surface area contributed by atoms with Gasteiger partial charge in [0.25, 0.3) is 0 Å². The first kappa shape index (κ1) is 10.2. The van der Waals surface area contributed by atoms with Crippen LogP contribution in [-0.4, -0.2) is 17.3 Å². The van der Waals surface area contributed by atoms with Crippen LogP contribution in [-0.2, 0) is 0 Å². The minimum Gasteiger partial charge on any atom is -0.293 e. The van der Waals surface area contributed by atoms with Gasteiger partial charge in [-0.25, -0.2) is 10.8 Å². The summed E-state index contributed by atoms with van der Waals surface area (Å²) in [5, 5.41) is 1.58. The van der Waals surface area contributed by atoms with Gasteiger partial charge in [-0.2, -0.15) is 0 Å². The third-order valence-corrected chi connectivity index (χ3v) is 1.64. The van der Waals surface area contributed by atoms with Crippen molar-refractivity contribution in [3.8, 4) is 0 Å². The summed E-state index contributed by atoms with van der Waals surface area (Å²) in [5.41, 5.74) is 0. The molecule has 64 valence electrons. The highest BCUT2D eigenvalue weighted by atomic mass is 15.5. The van der Waals surface area contributed by atoms with Crippen molar-refractivity contribution in [1.82, 2.24) is 5.01 Å². The van der Waals surface area contributed by atoms with E-state index in [0.717, 1.165) is 6.42 Å². The standard InChI is InChI=1S/C8H17N3/c1-5-7(3)11(9)8(4)10-6-2/h6-7H,4-5,9H2,1-3H3/b10-6-. The van der Waals surface area contributed by atoms with Gasteiger partial charge in [-0.1, -0.05) is 13.5 Å². The normalized spacial score (nSPS) is 13.5. The fourth-order valence-corrected chi connectivity index (χ4v) is 0.667. The van der Waals surface area contributed by atoms with Crippen molar-refractivity contribution in [3.05, 3.63) is 12.4 Å². The van der Waals surface area contributed by atoms with Gasteiger partial charge < -0.3 is 0 Å². The lowest BCUT2D eigenvalue weighted by Crippen LogP contribution is -2.37. The second kappa shape index (κ2) is 4.91. The molecule has 0 aromatic carbocycles. The lowest BCUT2D eigenvalue weighted by atomic mass is 10.2. The van der Waals surface area contributed by atoms with Crippen LogP contribution in [0.4, 0.5) is 0 Å². The maximum Gasteiger partial charge on any atom is 0.135 e. The highest BCUT2D eigenvalue weighted by molar-refractivity contribution is 5.54. The Labute approximate surface area is 68.6 Å². The zero-order valence-electron chi connectivity index (χ0n) is 7.54. The largest absolute Gasteiger partial charge is 0.293 e. The molecule has 0 fully saturated rings. The van der Waals surface area contributed by atoms with Crippen LogP contribution in [0.1, 0.15) is 27.2 Å². The van der Waals surface area contributed by atoms with Crippen molar-refractivity contribution in [3.63, 3.8) is 0 Å². The second-order valence-electron chi connectivity index (χ2n) is 2.47. The summed E-state index contributed by atoms with van der Waals surface area (Å²) in [6, 6.07) is 0.297. The van der Waals surface area contributed by atoms with E-state index in [2.05, 4.69) is 18.5 Å². The first-order chi connectivity index (χ1) is 5.13. The number of aliphatic imine (C=N–C) groups is 1. The van der Waals surface area contributed by atoms with Crippen LogP contribution in [0.2, 0.25) is 0 Å². The molecule has 0 rings (SSSR count). The lowest BCUT2D eigenvalue weighted by Gasteiger charge is -2.24. The van der Waals surface area contributed by atoms with Crippen LogP contribution in [0.15, 0.2) is 17.4 Å². The Kier molecular flexibility index (Phi) is 4.54. The van der Waals surface area contributed by atoms with Crippen molar-refractivity contribution in [1.29, 1.82) is 0 Å². The lowest BCUT2D eigenvalue weighted by molar-refractivity contribution is 0.268. The quantitative estimate of drug-likeness (QED) is 0.380. The Bertz CT molecular complexity index is 151. The molecule has 0 radical (unpaired) electrons. The van der Waals surface area contributed by atoms with Crippen molar-refractivity contribution in [2.75, 3.05) is 0 Å². The zero-order valence-corrected chi connectivity index (χ0v) is 7.54. The van der Waals surface area contributed by atoms with Crippen molar-refractivity contribution in [2.45, 2.75) is 33.2 Å². The summed E-state index contributed by atoms with van der Waals surface area (Å²) < 4.78 is 0. The summed E-state index contributed by atoms with van der Waals surface area (Å²) >= 11 is 0. The number of hydrogen-bond donors (Lipinski definition) is 1. The monoisotopic (exact) mass is 155 g/mol. The van der Waals surface area contributed by atoms with Gasteiger partial charge in [-0.05, 0) is 20.3 Å². The van der Waals surface area contributed by atoms with E-state index >= 15 is 0 Å². The van der Waals surface area contributed by atoms with Crippen molar-refractivity contribution >= 4 is 6.21 Å². The molecule has 0 saturated carbocycles. The molecule has 0 spiro atoms. The van der Waals surface area contributed by atoms with Gasteiger partial charge >= 0.3 is 0 Å². The van der Waals surface area contributed by atoms with E-state index in [-0.39, 0.29) is 0 Å². The third kappa shape index (κ3) is 3.18. The Hall–Kier alpha value is -0.830. The summed E-state index contributed by atoms with van der Waals surface area (Å²) in [5.74, 6) is 6.29. The Morgan fingerprint density at radius 3 is 2.73 bits per heavy atom. The molecule has 3 heteroatoms. The van der Waals surface area contributed by atoms with Gasteiger partial charge in [-0.15, -0.1) is 0 Å². The fraction of sp³-hybridized carbons (Fsp3) is 0.625. The molecule has 0 heterocycles. The highest BCUT2D eigenvalue weighted by Crippen LogP contribution is 2.04. The topological polar surface area (TPSA) is 41.6 Å². The van der Waals surface area contributed by atoms with Gasteiger partial charge in [0.1, 0.15) is 5.82 Å². The zero-order chi connectivity index (χ0) is 8.85. The molecule has 0 saturated heterocycles. The summed E-state index contributed by atoms with van der Waals surface area (Å²) in [6.07, 6.45) is 2.68. The van der Waals surface area contributed by atoms with E-state index < -0.39 is 0 Å². The van der Waals surface area contributed by atoms with E-state index in [4.69, 9.17) is 5.84 Å². The van der Waals surface area contributed by atoms with E-state index in [0.29, 0.717) is 11.9 Å². The average Bonchev–Trinajstić information content (AvgIpc) is 2.02. The molecule has 0 aliphatic carbocycles. The molecule has 11 heavy (non-hydrogen) atoms. The van der Waals surface area contributed by atoms with Gasteiger partial charge in [0, 0.05) is 12.3 Å². The highest BCUT2D eigenvalue weighted by Gasteiger charge is 2.07. The predicted molar refractivity (Wildman–Crippen MR) is 49.1 cm³/mol. The Morgan fingerprint density at radius 2 is 2.36 bits per heavy atom. The molecule has 0 bridgehead atoms. The van der Waals surface area contributed by atoms with Crippen LogP contribution >= 0.6 is 0 Å². The Morgan fingerprint density at radius 1 is 1.82 bits per heavy atom. The summed E-state index contributed by atoms with van der Waals surface area (Å²) in [6.45, 7) is 9.67. The minimum atomic E-state index is 0.297. The number of rotatable bonds is 4. The van der Waals surface area contributed by atoms with Crippen LogP contribution in [0, 0.1) is 0 Å². The number of nitrogens with zero attached hydrogens (tertiary/aromatic N) is 2. The SMILES string of the molecule is C=C(/N=C\C)N(N)C(C)CC. The molecule has 0 aliphatic heterocycles. The second-order valence-corrected chi connectivity index (χ2v) is 2.47. The summed E-state index contributed by atoms with van der Waals surface area (Å²) in [4.78, 5) is 3.98. The Balaban J connectivity index is 4.01. The van der Waals surface area contributed by atoms with Crippen LogP contribution in [0.25, 0.3) is 0 Å². The van der Waals surface area contributed by atoms with Gasteiger partial charge in [-0.3, -0.25) is 5.01 Å². The first-order valence-corrected chi connectivity index (χ1v) is 3.85. The first-order valence-electron chi connectivity index (χ1n) is 3.85. The molecule has 3 nitrogen and oxygen atoms in total. The van der Waals surface area contributed by atoms with Crippen LogP contribution in [0.3, 0.4) is 0 Å². The summed E-state index contributed by atoms with van der Waals surface area (Å²) in [7, 11) is 0. The maximum absolute atomic E-state index is 5.68. The van der Waals surface area contributed by atoms with Gasteiger partial charge in [0.05, 0.1) is 0 Å². The van der Waals surface area contributed by atoms with Gasteiger partial charge in [0.2, 0.25) is 0 Å². The molecule has 1 unspecified atom stereocenters. The van der Waals surface area contributed by atoms with Crippen molar-refractivity contribution in [2.24, 2.45) is 10.8 Å². The van der Waals surface area contributed by atoms with Crippen molar-refractivity contribution < 1.29 is 0 Å². The molecular formula is C8H17N3. The molecule has 1 atom stereocenters. The number of nitrogens with two attached hydrogens (primary N) is 1. The molecule has 0 amide bonds. The van der Waals surface area contributed by atoms with E-state index in [1.807, 2.05) is 13.8 Å². The predicted octanol–water partition coefficient (Wildman–Crippen LogP) is 1.52. The fourth-order valence-electron chi connectivity index (χ4n) is 0.667. The average molecular weight is 155 g/mol. The van der Waals surface area contributed by atoms with E-state index in [1.165, 1.54) is 0 Å². The van der Waals surface area contributed by atoms with Crippen LogP contribution in [0.5, 0.6) is 0 Å². The number of hydrazine groups is 1. The molecular weight excluding hydrogens is 138 g/mol. The number of hydrogen-bond acceptors (Lipinski definition) is 3. The third-order valence-electron chi connectivity index (χ3n) is 1.64. The minimum absolute atomic E-state index is 0.297. The van der Waals surface area contributed by atoms with Gasteiger partial charge in [0.15, 0.2) is 0 Å².